The van der Waals surface area contributed by atoms with Crippen molar-refractivity contribution in [3.63, 3.8) is 0 Å². The van der Waals surface area contributed by atoms with Crippen molar-refractivity contribution < 1.29 is 4.79 Å². The van der Waals surface area contributed by atoms with Crippen LogP contribution in [0.25, 0.3) is 11.4 Å². The minimum absolute atomic E-state index is 0.243. The quantitative estimate of drug-likeness (QED) is 0.261. The standard InChI is InChI=1S/C30H29N7O/c1-19-9-10-24(34-29(38)20-6-4-8-22(14-20)30(2,3)18-31)15-25(19)35-27-16-26(33-23-11-12-23)36-28(37-27)21-7-5-13-32-17-21/h4-10,13-17,23H,11-12H2,1-3H3,(H,34,38)(H2,33,35,36,37). The van der Waals surface area contributed by atoms with E-state index >= 15 is 0 Å². The topological polar surface area (TPSA) is 116 Å². The van der Waals surface area contributed by atoms with Crippen molar-refractivity contribution >= 4 is 28.9 Å². The van der Waals surface area contributed by atoms with Crippen LogP contribution in [0.4, 0.5) is 23.0 Å². The van der Waals surface area contributed by atoms with Crippen LogP contribution in [-0.2, 0) is 5.41 Å². The molecule has 0 radical (unpaired) electrons. The first kappa shape index (κ1) is 24.9. The molecule has 0 unspecified atom stereocenters. The van der Waals surface area contributed by atoms with E-state index in [0.717, 1.165) is 41.0 Å². The first-order valence-corrected chi connectivity index (χ1v) is 12.6. The second-order valence-corrected chi connectivity index (χ2v) is 10.0. The zero-order chi connectivity index (χ0) is 26.7. The Kier molecular flexibility index (Phi) is 6.75. The molecule has 4 aromatic rings. The van der Waals surface area contributed by atoms with Crippen LogP contribution < -0.4 is 16.0 Å². The highest BCUT2D eigenvalue weighted by Gasteiger charge is 2.23. The van der Waals surface area contributed by atoms with Crippen LogP contribution in [0.2, 0.25) is 0 Å². The van der Waals surface area contributed by atoms with Gasteiger partial charge in [0.05, 0.1) is 11.5 Å². The second kappa shape index (κ2) is 10.3. The van der Waals surface area contributed by atoms with E-state index in [0.29, 0.717) is 28.9 Å². The summed E-state index contributed by atoms with van der Waals surface area (Å²) in [5.41, 5.74) is 3.89. The third kappa shape index (κ3) is 5.79. The Morgan fingerprint density at radius 1 is 1.03 bits per heavy atom. The van der Waals surface area contributed by atoms with Gasteiger partial charge in [0, 0.05) is 47.0 Å². The number of anilines is 4. The van der Waals surface area contributed by atoms with Gasteiger partial charge in [0.25, 0.3) is 5.91 Å². The van der Waals surface area contributed by atoms with Crippen LogP contribution in [-0.4, -0.2) is 26.9 Å². The van der Waals surface area contributed by atoms with Crippen molar-refractivity contribution in [2.75, 3.05) is 16.0 Å². The predicted molar refractivity (Wildman–Crippen MR) is 149 cm³/mol. The number of carbonyl (C=O) groups is 1. The second-order valence-electron chi connectivity index (χ2n) is 10.0. The minimum atomic E-state index is -0.684. The lowest BCUT2D eigenvalue weighted by Crippen LogP contribution is -2.17. The molecule has 0 atom stereocenters. The van der Waals surface area contributed by atoms with Gasteiger partial charge in [-0.3, -0.25) is 9.78 Å². The van der Waals surface area contributed by atoms with Gasteiger partial charge in [-0.05, 0) is 81.1 Å². The van der Waals surface area contributed by atoms with E-state index in [2.05, 4.69) is 32.0 Å². The summed E-state index contributed by atoms with van der Waals surface area (Å²) in [6.45, 7) is 5.66. The average molecular weight is 504 g/mol. The van der Waals surface area contributed by atoms with Crippen LogP contribution in [0.3, 0.4) is 0 Å². The summed E-state index contributed by atoms with van der Waals surface area (Å²) < 4.78 is 0. The summed E-state index contributed by atoms with van der Waals surface area (Å²) in [6.07, 6.45) is 5.73. The number of hydrogen-bond acceptors (Lipinski definition) is 7. The Labute approximate surface area is 222 Å². The zero-order valence-corrected chi connectivity index (χ0v) is 21.6. The number of aromatic nitrogens is 3. The van der Waals surface area contributed by atoms with E-state index in [9.17, 15) is 10.1 Å². The fourth-order valence-electron chi connectivity index (χ4n) is 3.94. The third-order valence-electron chi connectivity index (χ3n) is 6.46. The van der Waals surface area contributed by atoms with Crippen molar-refractivity contribution in [3.05, 3.63) is 89.7 Å². The highest BCUT2D eigenvalue weighted by Crippen LogP contribution is 2.29. The van der Waals surface area contributed by atoms with Gasteiger partial charge >= 0.3 is 0 Å². The summed E-state index contributed by atoms with van der Waals surface area (Å²) in [4.78, 5) is 26.7. The Bertz CT molecular complexity index is 1520. The fraction of sp³-hybridized carbons (Fsp3) is 0.233. The first-order valence-electron chi connectivity index (χ1n) is 12.6. The molecule has 38 heavy (non-hydrogen) atoms. The van der Waals surface area contributed by atoms with Crippen molar-refractivity contribution in [2.24, 2.45) is 0 Å². The van der Waals surface area contributed by atoms with Gasteiger partial charge in [0.2, 0.25) is 0 Å². The summed E-state index contributed by atoms with van der Waals surface area (Å²) in [6, 6.07) is 21.3. The summed E-state index contributed by atoms with van der Waals surface area (Å²) >= 11 is 0. The molecule has 0 bridgehead atoms. The van der Waals surface area contributed by atoms with Crippen molar-refractivity contribution in [2.45, 2.75) is 45.1 Å². The number of hydrogen-bond donors (Lipinski definition) is 3. The number of nitriles is 1. The molecule has 8 heteroatoms. The van der Waals surface area contributed by atoms with Gasteiger partial charge in [0.1, 0.15) is 11.6 Å². The number of aryl methyl sites for hydroxylation is 1. The SMILES string of the molecule is Cc1ccc(NC(=O)c2cccc(C(C)(C)C#N)c2)cc1Nc1cc(NC2CC2)nc(-c2cccnc2)n1. The largest absolute Gasteiger partial charge is 0.367 e. The molecule has 5 rings (SSSR count). The highest BCUT2D eigenvalue weighted by atomic mass is 16.1. The molecule has 1 fully saturated rings. The lowest BCUT2D eigenvalue weighted by atomic mass is 9.85. The Morgan fingerprint density at radius 3 is 2.58 bits per heavy atom. The van der Waals surface area contributed by atoms with E-state index in [-0.39, 0.29) is 5.91 Å². The number of amides is 1. The van der Waals surface area contributed by atoms with E-state index < -0.39 is 5.41 Å². The number of nitrogens with zero attached hydrogens (tertiary/aromatic N) is 4. The van der Waals surface area contributed by atoms with Crippen LogP contribution in [0.1, 0.15) is 48.2 Å². The average Bonchev–Trinajstić information content (AvgIpc) is 3.75. The van der Waals surface area contributed by atoms with Gasteiger partial charge in [-0.15, -0.1) is 0 Å². The summed E-state index contributed by atoms with van der Waals surface area (Å²) in [5.74, 6) is 1.73. The molecular formula is C30H29N7O. The Hall–Kier alpha value is -4.77. The number of carbonyl (C=O) groups excluding carboxylic acids is 1. The summed E-state index contributed by atoms with van der Waals surface area (Å²) in [7, 11) is 0. The zero-order valence-electron chi connectivity index (χ0n) is 21.6. The van der Waals surface area contributed by atoms with Gasteiger partial charge in [-0.2, -0.15) is 5.26 Å². The molecule has 2 heterocycles. The normalized spacial score (nSPS) is 12.9. The van der Waals surface area contributed by atoms with E-state index in [1.54, 1.807) is 30.6 Å². The smallest absolute Gasteiger partial charge is 0.255 e. The first-order chi connectivity index (χ1) is 18.3. The lowest BCUT2D eigenvalue weighted by Gasteiger charge is -2.17. The van der Waals surface area contributed by atoms with Gasteiger partial charge < -0.3 is 16.0 Å². The molecule has 2 aromatic carbocycles. The molecule has 3 N–H and O–H groups in total. The highest BCUT2D eigenvalue weighted by molar-refractivity contribution is 6.04. The molecule has 0 aliphatic heterocycles. The summed E-state index contributed by atoms with van der Waals surface area (Å²) in [5, 5.41) is 19.3. The molecule has 0 spiro atoms. The Morgan fingerprint density at radius 2 is 1.84 bits per heavy atom. The van der Waals surface area contributed by atoms with Gasteiger partial charge in [-0.1, -0.05) is 18.2 Å². The molecular weight excluding hydrogens is 474 g/mol. The van der Waals surface area contributed by atoms with Crippen molar-refractivity contribution in [1.82, 2.24) is 15.0 Å². The predicted octanol–water partition coefficient (Wildman–Crippen LogP) is 6.22. The lowest BCUT2D eigenvalue weighted by molar-refractivity contribution is 0.102. The molecule has 8 nitrogen and oxygen atoms in total. The number of pyridine rings is 1. The minimum Gasteiger partial charge on any atom is -0.367 e. The molecule has 1 saturated carbocycles. The van der Waals surface area contributed by atoms with Gasteiger partial charge in [0.15, 0.2) is 5.82 Å². The monoisotopic (exact) mass is 503 g/mol. The third-order valence-corrected chi connectivity index (χ3v) is 6.46. The van der Waals surface area contributed by atoms with Crippen LogP contribution in [0.5, 0.6) is 0 Å². The van der Waals surface area contributed by atoms with E-state index in [1.807, 2.05) is 63.2 Å². The molecule has 1 amide bonds. The molecule has 2 aromatic heterocycles. The van der Waals surface area contributed by atoms with E-state index in [4.69, 9.17) is 4.98 Å². The number of rotatable bonds is 8. The maximum Gasteiger partial charge on any atom is 0.255 e. The van der Waals surface area contributed by atoms with Crippen LogP contribution >= 0.6 is 0 Å². The Balaban J connectivity index is 1.39. The fourth-order valence-corrected chi connectivity index (χ4v) is 3.94. The molecule has 0 saturated heterocycles. The maximum absolute atomic E-state index is 13.0. The molecule has 190 valence electrons. The molecule has 1 aliphatic rings. The van der Waals surface area contributed by atoms with Crippen LogP contribution in [0, 0.1) is 18.3 Å². The number of benzene rings is 2. The number of nitrogens with one attached hydrogen (secondary N) is 3. The van der Waals surface area contributed by atoms with Crippen LogP contribution in [0.15, 0.2) is 73.1 Å². The van der Waals surface area contributed by atoms with E-state index in [1.165, 1.54) is 0 Å². The van der Waals surface area contributed by atoms with Crippen molar-refractivity contribution in [3.8, 4) is 17.5 Å². The molecule has 1 aliphatic carbocycles. The van der Waals surface area contributed by atoms with Crippen molar-refractivity contribution in [1.29, 1.82) is 5.26 Å². The van der Waals surface area contributed by atoms with Gasteiger partial charge in [-0.25, -0.2) is 9.97 Å². The maximum atomic E-state index is 13.0.